The van der Waals surface area contributed by atoms with E-state index in [1.54, 1.807) is 12.1 Å². The Kier molecular flexibility index (Phi) is 4.56. The third-order valence-electron chi connectivity index (χ3n) is 2.89. The SMILES string of the molecule is CCNC(c1cccc(S(C)(=O)=O)c1)C(C)(C)C. The first-order valence-corrected chi connectivity index (χ1v) is 8.09. The summed E-state index contributed by atoms with van der Waals surface area (Å²) in [6.45, 7) is 9.35. The van der Waals surface area contributed by atoms with Gasteiger partial charge in [0.2, 0.25) is 0 Å². The molecule has 1 aromatic rings. The van der Waals surface area contributed by atoms with Crippen LogP contribution in [0.15, 0.2) is 29.2 Å². The second-order valence-corrected chi connectivity index (χ2v) is 7.72. The zero-order valence-corrected chi connectivity index (χ0v) is 12.6. The van der Waals surface area contributed by atoms with E-state index in [1.165, 1.54) is 6.26 Å². The molecule has 0 heterocycles. The topological polar surface area (TPSA) is 46.2 Å². The van der Waals surface area contributed by atoms with Gasteiger partial charge in [0.1, 0.15) is 0 Å². The van der Waals surface area contributed by atoms with Crippen molar-refractivity contribution in [2.75, 3.05) is 12.8 Å². The number of hydrogen-bond donors (Lipinski definition) is 1. The van der Waals surface area contributed by atoms with Crippen LogP contribution in [0, 0.1) is 5.41 Å². The molecular formula is C14H23NO2S. The Bertz CT molecular complexity index is 501. The van der Waals surface area contributed by atoms with Crippen molar-refractivity contribution >= 4 is 9.84 Å². The van der Waals surface area contributed by atoms with E-state index in [2.05, 4.69) is 33.0 Å². The maximum atomic E-state index is 11.6. The maximum absolute atomic E-state index is 11.6. The van der Waals surface area contributed by atoms with Crippen LogP contribution >= 0.6 is 0 Å². The zero-order chi connectivity index (χ0) is 14.0. The van der Waals surface area contributed by atoms with Gasteiger partial charge >= 0.3 is 0 Å². The van der Waals surface area contributed by atoms with Gasteiger partial charge in [0, 0.05) is 12.3 Å². The van der Waals surface area contributed by atoms with Crippen LogP contribution in [0.3, 0.4) is 0 Å². The highest BCUT2D eigenvalue weighted by molar-refractivity contribution is 7.90. The summed E-state index contributed by atoms with van der Waals surface area (Å²) in [6.07, 6.45) is 1.24. The minimum Gasteiger partial charge on any atom is -0.310 e. The zero-order valence-electron chi connectivity index (χ0n) is 11.8. The van der Waals surface area contributed by atoms with Gasteiger partial charge < -0.3 is 5.32 Å². The molecule has 0 spiro atoms. The van der Waals surface area contributed by atoms with Crippen molar-refractivity contribution in [1.29, 1.82) is 0 Å². The summed E-state index contributed by atoms with van der Waals surface area (Å²) in [7, 11) is -3.15. The molecule has 0 aliphatic rings. The van der Waals surface area contributed by atoms with Crippen LogP contribution < -0.4 is 5.32 Å². The number of benzene rings is 1. The molecule has 1 aromatic carbocycles. The fraction of sp³-hybridized carbons (Fsp3) is 0.571. The molecule has 1 unspecified atom stereocenters. The van der Waals surface area contributed by atoms with Crippen molar-refractivity contribution < 1.29 is 8.42 Å². The molecule has 0 radical (unpaired) electrons. The molecule has 0 fully saturated rings. The van der Waals surface area contributed by atoms with Crippen molar-refractivity contribution in [3.8, 4) is 0 Å². The summed E-state index contributed by atoms with van der Waals surface area (Å²) >= 11 is 0. The second kappa shape index (κ2) is 5.41. The average molecular weight is 269 g/mol. The molecule has 102 valence electrons. The molecular weight excluding hydrogens is 246 g/mol. The fourth-order valence-corrected chi connectivity index (χ4v) is 2.73. The first-order chi connectivity index (χ1) is 8.16. The van der Waals surface area contributed by atoms with E-state index in [1.807, 2.05) is 12.1 Å². The van der Waals surface area contributed by atoms with Gasteiger partial charge in [0.05, 0.1) is 4.90 Å². The van der Waals surface area contributed by atoms with Crippen LogP contribution in [0.4, 0.5) is 0 Å². The first kappa shape index (κ1) is 15.2. The molecule has 3 nitrogen and oxygen atoms in total. The van der Waals surface area contributed by atoms with E-state index < -0.39 is 9.84 Å². The predicted molar refractivity (Wildman–Crippen MR) is 75.4 cm³/mol. The summed E-state index contributed by atoms with van der Waals surface area (Å²) in [5.41, 5.74) is 1.05. The molecule has 0 aromatic heterocycles. The lowest BCUT2D eigenvalue weighted by molar-refractivity contribution is 0.276. The molecule has 0 saturated heterocycles. The van der Waals surface area contributed by atoms with E-state index in [-0.39, 0.29) is 11.5 Å². The largest absolute Gasteiger partial charge is 0.310 e. The molecule has 1 atom stereocenters. The summed E-state index contributed by atoms with van der Waals surface area (Å²) in [5.74, 6) is 0. The number of nitrogens with one attached hydrogen (secondary N) is 1. The Balaban J connectivity index is 3.22. The summed E-state index contributed by atoms with van der Waals surface area (Å²) in [6, 6.07) is 7.34. The van der Waals surface area contributed by atoms with Gasteiger partial charge in [-0.3, -0.25) is 0 Å². The molecule has 1 rings (SSSR count). The Hall–Kier alpha value is -0.870. The van der Waals surface area contributed by atoms with Gasteiger partial charge in [-0.05, 0) is 29.7 Å². The molecule has 0 aliphatic heterocycles. The Morgan fingerprint density at radius 2 is 1.89 bits per heavy atom. The monoisotopic (exact) mass is 269 g/mol. The van der Waals surface area contributed by atoms with Crippen molar-refractivity contribution in [2.24, 2.45) is 5.41 Å². The number of hydrogen-bond acceptors (Lipinski definition) is 3. The highest BCUT2D eigenvalue weighted by atomic mass is 32.2. The van der Waals surface area contributed by atoms with Crippen LogP contribution in [-0.4, -0.2) is 21.2 Å². The van der Waals surface area contributed by atoms with E-state index in [4.69, 9.17) is 0 Å². The lowest BCUT2D eigenvalue weighted by Crippen LogP contribution is -2.32. The number of rotatable bonds is 4. The Morgan fingerprint density at radius 1 is 1.28 bits per heavy atom. The second-order valence-electron chi connectivity index (χ2n) is 5.70. The van der Waals surface area contributed by atoms with Crippen LogP contribution in [0.1, 0.15) is 39.3 Å². The molecule has 0 saturated carbocycles. The minimum absolute atomic E-state index is 0.0339. The maximum Gasteiger partial charge on any atom is 0.175 e. The van der Waals surface area contributed by atoms with E-state index in [0.29, 0.717) is 4.90 Å². The van der Waals surface area contributed by atoms with Crippen LogP contribution in [0.5, 0.6) is 0 Å². The standard InChI is InChI=1S/C14H23NO2S/c1-6-15-13(14(2,3)4)11-8-7-9-12(10-11)18(5,16)17/h7-10,13,15H,6H2,1-5H3. The summed E-state index contributed by atoms with van der Waals surface area (Å²) < 4.78 is 23.2. The summed E-state index contributed by atoms with van der Waals surface area (Å²) in [5, 5.41) is 3.42. The lowest BCUT2D eigenvalue weighted by atomic mass is 9.82. The summed E-state index contributed by atoms with van der Waals surface area (Å²) in [4.78, 5) is 0.382. The lowest BCUT2D eigenvalue weighted by Gasteiger charge is -2.32. The van der Waals surface area contributed by atoms with Crippen molar-refractivity contribution in [3.63, 3.8) is 0 Å². The fourth-order valence-electron chi connectivity index (χ4n) is 2.05. The third kappa shape index (κ3) is 3.82. The minimum atomic E-state index is -3.15. The van der Waals surface area contributed by atoms with Gasteiger partial charge in [-0.15, -0.1) is 0 Å². The highest BCUT2D eigenvalue weighted by Gasteiger charge is 2.25. The van der Waals surface area contributed by atoms with Gasteiger partial charge in [0.15, 0.2) is 9.84 Å². The molecule has 0 aliphatic carbocycles. The van der Waals surface area contributed by atoms with Crippen LogP contribution in [-0.2, 0) is 9.84 Å². The van der Waals surface area contributed by atoms with E-state index in [9.17, 15) is 8.42 Å². The van der Waals surface area contributed by atoms with E-state index in [0.717, 1.165) is 12.1 Å². The molecule has 18 heavy (non-hydrogen) atoms. The Labute approximate surface area is 111 Å². The van der Waals surface area contributed by atoms with Crippen molar-refractivity contribution in [1.82, 2.24) is 5.32 Å². The van der Waals surface area contributed by atoms with Gasteiger partial charge in [-0.1, -0.05) is 39.8 Å². The molecule has 1 N–H and O–H groups in total. The highest BCUT2D eigenvalue weighted by Crippen LogP contribution is 2.33. The quantitative estimate of drug-likeness (QED) is 0.914. The average Bonchev–Trinajstić information content (AvgIpc) is 2.23. The molecule has 0 bridgehead atoms. The van der Waals surface area contributed by atoms with Gasteiger partial charge in [-0.2, -0.15) is 0 Å². The van der Waals surface area contributed by atoms with Gasteiger partial charge in [0.25, 0.3) is 0 Å². The smallest absolute Gasteiger partial charge is 0.175 e. The number of sulfone groups is 1. The predicted octanol–water partition coefficient (Wildman–Crippen LogP) is 2.79. The third-order valence-corrected chi connectivity index (χ3v) is 4.00. The van der Waals surface area contributed by atoms with Crippen LogP contribution in [0.2, 0.25) is 0 Å². The van der Waals surface area contributed by atoms with Crippen molar-refractivity contribution in [3.05, 3.63) is 29.8 Å². The van der Waals surface area contributed by atoms with Crippen LogP contribution in [0.25, 0.3) is 0 Å². The molecule has 4 heteroatoms. The first-order valence-electron chi connectivity index (χ1n) is 6.19. The van der Waals surface area contributed by atoms with Gasteiger partial charge in [-0.25, -0.2) is 8.42 Å². The normalized spacial score (nSPS) is 14.5. The van der Waals surface area contributed by atoms with E-state index >= 15 is 0 Å². The van der Waals surface area contributed by atoms with Crippen molar-refractivity contribution in [2.45, 2.75) is 38.6 Å². The Morgan fingerprint density at radius 3 is 2.33 bits per heavy atom. The molecule has 0 amide bonds.